The minimum atomic E-state index is 0.175. The maximum atomic E-state index is 12.2. The molecule has 0 atom stereocenters. The molecule has 0 spiro atoms. The number of hydrogen-bond acceptors (Lipinski definition) is 1. The number of carbonyl (C=O) groups is 1. The van der Waals surface area contributed by atoms with Crippen LogP contribution in [-0.4, -0.2) is 42.5 Å². The van der Waals surface area contributed by atoms with Gasteiger partial charge in [-0.05, 0) is 31.6 Å². The van der Waals surface area contributed by atoms with Crippen molar-refractivity contribution >= 4 is 6.03 Å². The van der Waals surface area contributed by atoms with Crippen LogP contribution in [0.1, 0.15) is 47.5 Å². The second kappa shape index (κ2) is 8.37. The van der Waals surface area contributed by atoms with Gasteiger partial charge in [-0.25, -0.2) is 4.79 Å². The van der Waals surface area contributed by atoms with E-state index in [4.69, 9.17) is 0 Å². The van der Waals surface area contributed by atoms with Gasteiger partial charge in [-0.2, -0.15) is 0 Å². The fourth-order valence-electron chi connectivity index (χ4n) is 1.51. The lowest BCUT2D eigenvalue weighted by Crippen LogP contribution is -2.42. The molecule has 0 aliphatic carbocycles. The third-order valence-corrected chi connectivity index (χ3v) is 3.02. The lowest BCUT2D eigenvalue weighted by molar-refractivity contribution is 0.159. The monoisotopic (exact) mass is 242 g/mol. The van der Waals surface area contributed by atoms with Crippen LogP contribution >= 0.6 is 0 Å². The Balaban J connectivity index is 4.32. The van der Waals surface area contributed by atoms with Crippen molar-refractivity contribution in [3.63, 3.8) is 0 Å². The zero-order valence-corrected chi connectivity index (χ0v) is 12.5. The minimum Gasteiger partial charge on any atom is -0.328 e. The smallest absolute Gasteiger partial charge is 0.319 e. The number of hydrogen-bond donors (Lipinski definition) is 0. The van der Waals surface area contributed by atoms with E-state index >= 15 is 0 Å². The molecule has 0 saturated carbocycles. The molecule has 0 rings (SSSR count). The summed E-state index contributed by atoms with van der Waals surface area (Å²) < 4.78 is 0. The van der Waals surface area contributed by atoms with E-state index in [0.29, 0.717) is 11.8 Å². The summed E-state index contributed by atoms with van der Waals surface area (Å²) in [6.45, 7) is 13.4. The van der Waals surface area contributed by atoms with E-state index < -0.39 is 0 Å². The molecule has 2 amide bonds. The quantitative estimate of drug-likeness (QED) is 0.670. The molecule has 0 aromatic rings. The van der Waals surface area contributed by atoms with Crippen molar-refractivity contribution in [2.45, 2.75) is 47.5 Å². The first-order chi connectivity index (χ1) is 7.88. The van der Waals surface area contributed by atoms with Gasteiger partial charge in [0.05, 0.1) is 0 Å². The van der Waals surface area contributed by atoms with E-state index in [1.54, 1.807) is 4.90 Å². The Hall–Kier alpha value is -0.730. The fourth-order valence-corrected chi connectivity index (χ4v) is 1.51. The van der Waals surface area contributed by atoms with Crippen LogP contribution in [0.25, 0.3) is 0 Å². The number of urea groups is 1. The standard InChI is InChI=1S/C14H30N2O/c1-7-15(6)14(17)16(10-8-12(2)3)11-9-13(4)5/h12-13H,7-11H2,1-6H3. The van der Waals surface area contributed by atoms with Crippen LogP contribution < -0.4 is 0 Å². The van der Waals surface area contributed by atoms with Gasteiger partial charge in [0.1, 0.15) is 0 Å². The van der Waals surface area contributed by atoms with Crippen molar-refractivity contribution in [2.75, 3.05) is 26.7 Å². The van der Waals surface area contributed by atoms with Gasteiger partial charge in [-0.3, -0.25) is 0 Å². The zero-order valence-electron chi connectivity index (χ0n) is 12.5. The molecule has 0 aromatic carbocycles. The fraction of sp³-hybridized carbons (Fsp3) is 0.929. The van der Waals surface area contributed by atoms with Crippen LogP contribution in [0.5, 0.6) is 0 Å². The minimum absolute atomic E-state index is 0.175. The second-order valence-electron chi connectivity index (χ2n) is 5.65. The number of rotatable bonds is 7. The average Bonchev–Trinajstić information content (AvgIpc) is 2.26. The Morgan fingerprint density at radius 1 is 1.00 bits per heavy atom. The van der Waals surface area contributed by atoms with Gasteiger partial charge in [0, 0.05) is 26.7 Å². The summed E-state index contributed by atoms with van der Waals surface area (Å²) in [5.74, 6) is 1.30. The van der Waals surface area contributed by atoms with E-state index in [2.05, 4.69) is 27.7 Å². The highest BCUT2D eigenvalue weighted by atomic mass is 16.2. The van der Waals surface area contributed by atoms with Crippen LogP contribution in [0.2, 0.25) is 0 Å². The third-order valence-electron chi connectivity index (χ3n) is 3.02. The molecular formula is C14H30N2O. The van der Waals surface area contributed by atoms with Crippen LogP contribution in [0.4, 0.5) is 4.79 Å². The van der Waals surface area contributed by atoms with Gasteiger partial charge in [-0.1, -0.05) is 27.7 Å². The van der Waals surface area contributed by atoms with E-state index in [-0.39, 0.29) is 6.03 Å². The van der Waals surface area contributed by atoms with Gasteiger partial charge in [-0.15, -0.1) is 0 Å². The molecule has 0 aliphatic heterocycles. The highest BCUT2D eigenvalue weighted by Crippen LogP contribution is 2.08. The Morgan fingerprint density at radius 2 is 1.41 bits per heavy atom. The Labute approximate surface area is 107 Å². The van der Waals surface area contributed by atoms with E-state index in [9.17, 15) is 4.79 Å². The average molecular weight is 242 g/mol. The molecule has 0 radical (unpaired) electrons. The first-order valence-electron chi connectivity index (χ1n) is 6.88. The molecule has 0 unspecified atom stereocenters. The van der Waals surface area contributed by atoms with Crippen LogP contribution in [0.15, 0.2) is 0 Å². The van der Waals surface area contributed by atoms with Gasteiger partial charge in [0.15, 0.2) is 0 Å². The summed E-state index contributed by atoms with van der Waals surface area (Å²) >= 11 is 0. The summed E-state index contributed by atoms with van der Waals surface area (Å²) in [5.41, 5.74) is 0. The molecular weight excluding hydrogens is 212 g/mol. The van der Waals surface area contributed by atoms with E-state index in [1.165, 1.54) is 0 Å². The number of nitrogens with zero attached hydrogens (tertiary/aromatic N) is 2. The van der Waals surface area contributed by atoms with Gasteiger partial charge in [0.25, 0.3) is 0 Å². The highest BCUT2D eigenvalue weighted by molar-refractivity contribution is 5.74. The highest BCUT2D eigenvalue weighted by Gasteiger charge is 2.17. The molecule has 0 aromatic heterocycles. The van der Waals surface area contributed by atoms with Crippen molar-refractivity contribution in [3.05, 3.63) is 0 Å². The van der Waals surface area contributed by atoms with Crippen molar-refractivity contribution in [2.24, 2.45) is 11.8 Å². The molecule has 0 bridgehead atoms. The maximum absolute atomic E-state index is 12.2. The van der Waals surface area contributed by atoms with Crippen molar-refractivity contribution < 1.29 is 4.79 Å². The Morgan fingerprint density at radius 3 is 1.71 bits per heavy atom. The number of amides is 2. The Kier molecular flexibility index (Phi) is 8.01. The maximum Gasteiger partial charge on any atom is 0.319 e. The lowest BCUT2D eigenvalue weighted by atomic mass is 10.1. The first-order valence-corrected chi connectivity index (χ1v) is 6.88. The van der Waals surface area contributed by atoms with Crippen LogP contribution in [-0.2, 0) is 0 Å². The molecule has 3 nitrogen and oxygen atoms in total. The molecule has 17 heavy (non-hydrogen) atoms. The normalized spacial score (nSPS) is 11.1. The van der Waals surface area contributed by atoms with Gasteiger partial charge < -0.3 is 9.80 Å². The summed E-state index contributed by atoms with van der Waals surface area (Å²) in [6.07, 6.45) is 2.17. The molecule has 0 aliphatic rings. The second-order valence-corrected chi connectivity index (χ2v) is 5.65. The molecule has 0 heterocycles. The largest absolute Gasteiger partial charge is 0.328 e. The third kappa shape index (κ3) is 7.24. The summed E-state index contributed by atoms with van der Waals surface area (Å²) in [7, 11) is 1.88. The first kappa shape index (κ1) is 16.3. The summed E-state index contributed by atoms with van der Waals surface area (Å²) in [5, 5.41) is 0. The molecule has 0 saturated heterocycles. The zero-order chi connectivity index (χ0) is 13.4. The van der Waals surface area contributed by atoms with Crippen molar-refractivity contribution in [3.8, 4) is 0 Å². The predicted molar refractivity (Wildman–Crippen MR) is 74.2 cm³/mol. The van der Waals surface area contributed by atoms with E-state index in [1.807, 2.05) is 18.9 Å². The lowest BCUT2D eigenvalue weighted by Gasteiger charge is -2.28. The molecule has 0 N–H and O–H groups in total. The van der Waals surface area contributed by atoms with Crippen LogP contribution in [0.3, 0.4) is 0 Å². The SMILES string of the molecule is CCN(C)C(=O)N(CCC(C)C)CCC(C)C. The predicted octanol–water partition coefficient (Wildman–Crippen LogP) is 3.45. The van der Waals surface area contributed by atoms with Crippen molar-refractivity contribution in [1.29, 1.82) is 0 Å². The summed E-state index contributed by atoms with van der Waals surface area (Å²) in [6, 6.07) is 0.175. The Bertz CT molecular complexity index is 202. The van der Waals surface area contributed by atoms with Crippen LogP contribution in [0, 0.1) is 11.8 Å². The molecule has 3 heteroatoms. The molecule has 0 fully saturated rings. The van der Waals surface area contributed by atoms with Gasteiger partial charge in [0.2, 0.25) is 0 Å². The topological polar surface area (TPSA) is 23.6 Å². The van der Waals surface area contributed by atoms with Crippen molar-refractivity contribution in [1.82, 2.24) is 9.80 Å². The van der Waals surface area contributed by atoms with Gasteiger partial charge >= 0.3 is 6.03 Å². The van der Waals surface area contributed by atoms with E-state index in [0.717, 1.165) is 32.5 Å². The summed E-state index contributed by atoms with van der Waals surface area (Å²) in [4.78, 5) is 15.9. The number of carbonyl (C=O) groups excluding carboxylic acids is 1. The molecule has 102 valence electrons.